The van der Waals surface area contributed by atoms with E-state index >= 15 is 0 Å². The van der Waals surface area contributed by atoms with Crippen LogP contribution in [-0.2, 0) is 9.53 Å². The van der Waals surface area contributed by atoms with Crippen LogP contribution in [0.4, 0.5) is 0 Å². The van der Waals surface area contributed by atoms with Crippen LogP contribution in [0.15, 0.2) is 53.1 Å². The summed E-state index contributed by atoms with van der Waals surface area (Å²) in [6, 6.07) is 11.0. The number of fused-ring (bicyclic) bond motifs is 1. The summed E-state index contributed by atoms with van der Waals surface area (Å²) in [7, 11) is 0. The van der Waals surface area contributed by atoms with Gasteiger partial charge in [0.1, 0.15) is 11.5 Å². The van der Waals surface area contributed by atoms with Gasteiger partial charge in [-0.2, -0.15) is 0 Å². The fraction of sp³-hybridized carbons (Fsp3) is 0.111. The molecule has 0 unspecified atom stereocenters. The standard InChI is InChI=1S/C18H15NO4/c1-12-6-7-13(23-12)8-9-18(21)22-11-17(20)15-10-19-16-5-3-2-4-14(15)16/h2-10,19H,11H2,1H3. The highest BCUT2D eigenvalue weighted by Gasteiger charge is 2.13. The Hall–Kier alpha value is -3.08. The van der Waals surface area contributed by atoms with E-state index < -0.39 is 5.97 Å². The molecule has 1 aromatic carbocycles. The number of aromatic nitrogens is 1. The zero-order valence-electron chi connectivity index (χ0n) is 12.5. The molecule has 23 heavy (non-hydrogen) atoms. The first-order chi connectivity index (χ1) is 11.1. The van der Waals surface area contributed by atoms with E-state index in [9.17, 15) is 9.59 Å². The number of benzene rings is 1. The lowest BCUT2D eigenvalue weighted by Crippen LogP contribution is -2.12. The summed E-state index contributed by atoms with van der Waals surface area (Å²) in [5.74, 6) is 0.472. The second-order valence-corrected chi connectivity index (χ2v) is 5.06. The number of aromatic amines is 1. The van der Waals surface area contributed by atoms with Crippen LogP contribution >= 0.6 is 0 Å². The van der Waals surface area contributed by atoms with Crippen molar-refractivity contribution in [2.75, 3.05) is 6.61 Å². The molecule has 116 valence electrons. The normalized spacial score (nSPS) is 11.2. The predicted molar refractivity (Wildman–Crippen MR) is 86.1 cm³/mol. The number of H-pyrrole nitrogens is 1. The molecule has 1 N–H and O–H groups in total. The molecule has 0 aliphatic rings. The number of carbonyl (C=O) groups is 2. The smallest absolute Gasteiger partial charge is 0.331 e. The fourth-order valence-corrected chi connectivity index (χ4v) is 2.26. The van der Waals surface area contributed by atoms with E-state index in [2.05, 4.69) is 4.98 Å². The van der Waals surface area contributed by atoms with Crippen molar-refractivity contribution in [1.29, 1.82) is 0 Å². The Balaban J connectivity index is 1.60. The monoisotopic (exact) mass is 309 g/mol. The van der Waals surface area contributed by atoms with Gasteiger partial charge in [-0.3, -0.25) is 4.79 Å². The van der Waals surface area contributed by atoms with E-state index in [1.165, 1.54) is 12.2 Å². The maximum atomic E-state index is 12.2. The summed E-state index contributed by atoms with van der Waals surface area (Å²) in [5, 5.41) is 0.815. The maximum Gasteiger partial charge on any atom is 0.331 e. The van der Waals surface area contributed by atoms with Gasteiger partial charge in [-0.25, -0.2) is 4.79 Å². The molecule has 0 radical (unpaired) electrons. The number of ether oxygens (including phenoxy) is 1. The fourth-order valence-electron chi connectivity index (χ4n) is 2.26. The topological polar surface area (TPSA) is 72.3 Å². The highest BCUT2D eigenvalue weighted by molar-refractivity contribution is 6.09. The SMILES string of the molecule is Cc1ccc(C=CC(=O)OCC(=O)c2c[nH]c3ccccc23)o1. The third-order valence-corrected chi connectivity index (χ3v) is 3.38. The molecule has 5 heteroatoms. The van der Waals surface area contributed by atoms with E-state index in [0.717, 1.165) is 16.7 Å². The third-order valence-electron chi connectivity index (χ3n) is 3.38. The van der Waals surface area contributed by atoms with Gasteiger partial charge in [-0.05, 0) is 31.2 Å². The zero-order valence-corrected chi connectivity index (χ0v) is 12.5. The Kier molecular flexibility index (Phi) is 4.10. The average molecular weight is 309 g/mol. The Bertz CT molecular complexity index is 885. The van der Waals surface area contributed by atoms with Crippen molar-refractivity contribution in [2.45, 2.75) is 6.92 Å². The number of esters is 1. The second kappa shape index (κ2) is 6.36. The summed E-state index contributed by atoms with van der Waals surface area (Å²) in [6.07, 6.45) is 4.37. The summed E-state index contributed by atoms with van der Waals surface area (Å²) < 4.78 is 10.3. The number of Topliss-reactive ketones (excluding diaryl/α,β-unsaturated/α-hetero) is 1. The van der Waals surface area contributed by atoms with Crippen LogP contribution in [0.3, 0.4) is 0 Å². The molecule has 2 heterocycles. The van der Waals surface area contributed by atoms with Crippen LogP contribution in [-0.4, -0.2) is 23.3 Å². The Labute approximate surface area is 132 Å². The summed E-state index contributed by atoms with van der Waals surface area (Å²) in [6.45, 7) is 1.51. The molecule has 0 aliphatic carbocycles. The summed E-state index contributed by atoms with van der Waals surface area (Å²) in [4.78, 5) is 26.8. The average Bonchev–Trinajstić information content (AvgIpc) is 3.16. The molecule has 0 spiro atoms. The number of carbonyl (C=O) groups excluding carboxylic acids is 2. The van der Waals surface area contributed by atoms with Crippen LogP contribution in [0, 0.1) is 6.92 Å². The van der Waals surface area contributed by atoms with Crippen LogP contribution in [0.1, 0.15) is 21.9 Å². The van der Waals surface area contributed by atoms with Gasteiger partial charge in [0.2, 0.25) is 5.78 Å². The Morgan fingerprint density at radius 1 is 1.22 bits per heavy atom. The van der Waals surface area contributed by atoms with E-state index in [1.807, 2.05) is 31.2 Å². The van der Waals surface area contributed by atoms with Gasteiger partial charge < -0.3 is 14.1 Å². The van der Waals surface area contributed by atoms with Crippen molar-refractivity contribution in [1.82, 2.24) is 4.98 Å². The molecule has 0 fully saturated rings. The number of nitrogens with one attached hydrogen (secondary N) is 1. The molecule has 5 nitrogen and oxygen atoms in total. The highest BCUT2D eigenvalue weighted by atomic mass is 16.5. The van der Waals surface area contributed by atoms with Gasteiger partial charge in [0.15, 0.2) is 6.61 Å². The number of aryl methyl sites for hydroxylation is 1. The summed E-state index contributed by atoms with van der Waals surface area (Å²) in [5.41, 5.74) is 1.38. The molecular formula is C18H15NO4. The Morgan fingerprint density at radius 2 is 2.04 bits per heavy atom. The third kappa shape index (κ3) is 3.40. The molecular weight excluding hydrogens is 294 g/mol. The molecule has 3 rings (SSSR count). The van der Waals surface area contributed by atoms with Crippen molar-refractivity contribution < 1.29 is 18.7 Å². The number of furan rings is 1. The van der Waals surface area contributed by atoms with Crippen molar-refractivity contribution in [2.24, 2.45) is 0 Å². The van der Waals surface area contributed by atoms with Crippen LogP contribution in [0.25, 0.3) is 17.0 Å². The summed E-state index contributed by atoms with van der Waals surface area (Å²) >= 11 is 0. The molecule has 0 saturated heterocycles. The maximum absolute atomic E-state index is 12.2. The number of para-hydroxylation sites is 1. The van der Waals surface area contributed by atoms with Crippen LogP contribution in [0.2, 0.25) is 0 Å². The van der Waals surface area contributed by atoms with E-state index in [0.29, 0.717) is 11.3 Å². The molecule has 0 atom stereocenters. The molecule has 2 aromatic heterocycles. The first-order valence-corrected chi connectivity index (χ1v) is 7.14. The number of hydrogen-bond acceptors (Lipinski definition) is 4. The van der Waals surface area contributed by atoms with Gasteiger partial charge in [0, 0.05) is 28.7 Å². The van der Waals surface area contributed by atoms with Crippen molar-refractivity contribution in [3.63, 3.8) is 0 Å². The minimum Gasteiger partial charge on any atom is -0.462 e. The van der Waals surface area contributed by atoms with Crippen molar-refractivity contribution in [3.05, 3.63) is 65.8 Å². The van der Waals surface area contributed by atoms with Gasteiger partial charge in [0.25, 0.3) is 0 Å². The first kappa shape index (κ1) is 14.8. The lowest BCUT2D eigenvalue weighted by Gasteiger charge is -2.00. The minimum atomic E-state index is -0.591. The van der Waals surface area contributed by atoms with Crippen LogP contribution in [0.5, 0.6) is 0 Å². The van der Waals surface area contributed by atoms with Gasteiger partial charge in [-0.1, -0.05) is 18.2 Å². The predicted octanol–water partition coefficient (Wildman–Crippen LogP) is 3.51. The number of rotatable bonds is 5. The van der Waals surface area contributed by atoms with Crippen LogP contribution < -0.4 is 0 Å². The minimum absolute atomic E-state index is 0.252. The number of ketones is 1. The largest absolute Gasteiger partial charge is 0.462 e. The van der Waals surface area contributed by atoms with Gasteiger partial charge >= 0.3 is 5.97 Å². The van der Waals surface area contributed by atoms with Crippen molar-refractivity contribution in [3.8, 4) is 0 Å². The second-order valence-electron chi connectivity index (χ2n) is 5.06. The highest BCUT2D eigenvalue weighted by Crippen LogP contribution is 2.18. The molecule has 0 saturated carbocycles. The van der Waals surface area contributed by atoms with E-state index in [1.54, 1.807) is 18.3 Å². The van der Waals surface area contributed by atoms with E-state index in [4.69, 9.17) is 9.15 Å². The molecule has 3 aromatic rings. The Morgan fingerprint density at radius 3 is 2.83 bits per heavy atom. The zero-order chi connectivity index (χ0) is 16.2. The lowest BCUT2D eigenvalue weighted by atomic mass is 10.1. The first-order valence-electron chi connectivity index (χ1n) is 7.14. The van der Waals surface area contributed by atoms with Crippen molar-refractivity contribution >= 4 is 28.7 Å². The van der Waals surface area contributed by atoms with Gasteiger partial charge in [0.05, 0.1) is 0 Å². The molecule has 0 aliphatic heterocycles. The lowest BCUT2D eigenvalue weighted by molar-refractivity contribution is -0.136. The number of hydrogen-bond donors (Lipinski definition) is 1. The van der Waals surface area contributed by atoms with E-state index in [-0.39, 0.29) is 12.4 Å². The van der Waals surface area contributed by atoms with Gasteiger partial charge in [-0.15, -0.1) is 0 Å². The quantitative estimate of drug-likeness (QED) is 0.445. The molecule has 0 bridgehead atoms. The molecule has 0 amide bonds.